The van der Waals surface area contributed by atoms with Crippen molar-refractivity contribution in [1.82, 2.24) is 0 Å². The van der Waals surface area contributed by atoms with Crippen LogP contribution in [0.5, 0.6) is 0 Å². The third-order valence-electron chi connectivity index (χ3n) is 4.01. The van der Waals surface area contributed by atoms with E-state index in [1.54, 1.807) is 0 Å². The van der Waals surface area contributed by atoms with Gasteiger partial charge in [-0.1, -0.05) is 70.4 Å². The van der Waals surface area contributed by atoms with E-state index in [1.165, 1.54) is 38.5 Å². The minimum Gasteiger partial charge on any atom is -0.463 e. The molecule has 0 aromatic heterocycles. The third-order valence-corrected chi connectivity index (χ3v) is 4.01. The average Bonchev–Trinajstić information content (AvgIpc) is 2.63. The van der Waals surface area contributed by atoms with Crippen LogP contribution in [0.3, 0.4) is 0 Å². The summed E-state index contributed by atoms with van der Waals surface area (Å²) in [5.74, 6) is -0.979. The number of hydrogen-bond acceptors (Lipinski definition) is 4. The van der Waals surface area contributed by atoms with Crippen molar-refractivity contribution in [2.45, 2.75) is 103 Å². The summed E-state index contributed by atoms with van der Waals surface area (Å²) in [7, 11) is 0. The maximum absolute atomic E-state index is 11.7. The van der Waals surface area contributed by atoms with Gasteiger partial charge in [-0.3, -0.25) is 4.79 Å². The van der Waals surface area contributed by atoms with Crippen LogP contribution in [0, 0.1) is 0 Å². The lowest BCUT2D eigenvalue weighted by molar-refractivity contribution is -0.147. The van der Waals surface area contributed by atoms with E-state index in [9.17, 15) is 9.90 Å². The molecule has 4 nitrogen and oxygen atoms in total. The van der Waals surface area contributed by atoms with Crippen molar-refractivity contribution < 1.29 is 26.6 Å². The molecular formula is C21H40O4. The topological polar surface area (TPSA) is 66.8 Å². The Morgan fingerprint density at radius 1 is 1.00 bits per heavy atom. The van der Waals surface area contributed by atoms with Gasteiger partial charge in [-0.15, -0.1) is 0 Å². The molecule has 1 atom stereocenters. The molecule has 0 heterocycles. The zero-order valence-electron chi connectivity index (χ0n) is 20.8. The van der Waals surface area contributed by atoms with E-state index in [-0.39, 0.29) is 6.42 Å². The van der Waals surface area contributed by atoms with E-state index in [4.69, 9.17) is 12.0 Å². The molecule has 0 saturated carbocycles. The predicted octanol–water partition coefficient (Wildman–Crippen LogP) is 4.92. The maximum Gasteiger partial charge on any atom is 0.305 e. The summed E-state index contributed by atoms with van der Waals surface area (Å²) in [5.41, 5.74) is 0. The summed E-state index contributed by atoms with van der Waals surface area (Å²) in [4.78, 5) is 11.7. The van der Waals surface area contributed by atoms with Gasteiger partial charge in [0.1, 0.15) is 12.6 Å². The quantitative estimate of drug-likeness (QED) is 0.207. The number of hydrogen-bond donors (Lipinski definition) is 2. The second-order valence-corrected chi connectivity index (χ2v) is 6.37. The van der Waals surface area contributed by atoms with Crippen LogP contribution in [0.4, 0.5) is 0 Å². The molecule has 25 heavy (non-hydrogen) atoms. The third kappa shape index (κ3) is 19.3. The molecule has 0 rings (SSSR count). The summed E-state index contributed by atoms with van der Waals surface area (Å²) in [6.45, 7) is -4.73. The van der Waals surface area contributed by atoms with Crippen LogP contribution < -0.4 is 0 Å². The lowest BCUT2D eigenvalue weighted by Gasteiger charge is -2.08. The van der Waals surface area contributed by atoms with Gasteiger partial charge >= 0.3 is 5.97 Å². The Balaban J connectivity index is 3.73. The molecule has 1 unspecified atom stereocenters. The van der Waals surface area contributed by atoms with E-state index in [0.29, 0.717) is 6.42 Å². The van der Waals surface area contributed by atoms with Crippen LogP contribution in [0.15, 0.2) is 12.2 Å². The molecule has 2 N–H and O–H groups in total. The molecule has 0 spiro atoms. The van der Waals surface area contributed by atoms with Gasteiger partial charge in [0.2, 0.25) is 0 Å². The fourth-order valence-electron chi connectivity index (χ4n) is 2.52. The Morgan fingerprint density at radius 2 is 1.52 bits per heavy atom. The van der Waals surface area contributed by atoms with Crippen molar-refractivity contribution in [1.29, 1.82) is 0 Å². The van der Waals surface area contributed by atoms with Crippen molar-refractivity contribution in [2.75, 3.05) is 13.1 Å². The SMILES string of the molecule is [2H]C([2H])(O)C([2H])(O)C([2H])([2H])OC(=O)CCCCCCC/C=C\CCCCCCCC. The number of esters is 1. The minimum absolute atomic E-state index is 0.0951. The first-order chi connectivity index (χ1) is 14.0. The highest BCUT2D eigenvalue weighted by Gasteiger charge is 2.07. The van der Waals surface area contributed by atoms with Crippen molar-refractivity contribution in [3.63, 3.8) is 0 Å². The van der Waals surface area contributed by atoms with Crippen LogP contribution in [0.1, 0.15) is 104 Å². The summed E-state index contributed by atoms with van der Waals surface area (Å²) < 4.78 is 40.2. The number of rotatable bonds is 18. The molecule has 148 valence electrons. The lowest BCUT2D eigenvalue weighted by atomic mass is 10.1. The first kappa shape index (κ1) is 16.3. The molecule has 0 aliphatic rings. The molecule has 0 amide bonds. The van der Waals surface area contributed by atoms with Gasteiger partial charge in [0.25, 0.3) is 0 Å². The highest BCUT2D eigenvalue weighted by atomic mass is 16.5. The number of carbonyl (C=O) groups excluding carboxylic acids is 1. The van der Waals surface area contributed by atoms with Gasteiger partial charge < -0.3 is 14.9 Å². The molecule has 0 aromatic rings. The fourth-order valence-corrected chi connectivity index (χ4v) is 2.52. The fraction of sp³-hybridized carbons (Fsp3) is 0.857. The number of ether oxygens (including phenoxy) is 1. The second-order valence-electron chi connectivity index (χ2n) is 6.37. The smallest absolute Gasteiger partial charge is 0.305 e. The van der Waals surface area contributed by atoms with E-state index in [2.05, 4.69) is 23.8 Å². The maximum atomic E-state index is 11.7. The average molecular weight is 362 g/mol. The van der Waals surface area contributed by atoms with E-state index >= 15 is 0 Å². The van der Waals surface area contributed by atoms with Gasteiger partial charge in [-0.05, 0) is 32.1 Å². The standard InChI is InChI=1S/C21H40O4/c1-2-3-4-5-6-7-8-9-10-11-12-13-14-15-16-17-21(24)25-19-20(23)18-22/h9-10,20,22-23H,2-8,11-19H2,1H3/b10-9-/i18D2,19D2,20D. The Hall–Kier alpha value is -0.870. The summed E-state index contributed by atoms with van der Waals surface area (Å²) in [5, 5.41) is 18.6. The molecule has 4 heteroatoms. The first-order valence-electron chi connectivity index (χ1n) is 12.3. The van der Waals surface area contributed by atoms with Crippen LogP contribution in [-0.4, -0.2) is 35.4 Å². The summed E-state index contributed by atoms with van der Waals surface area (Å²) in [6.07, 6.45) is 15.1. The van der Waals surface area contributed by atoms with E-state index in [0.717, 1.165) is 38.5 Å². The highest BCUT2D eigenvalue weighted by molar-refractivity contribution is 5.69. The van der Waals surface area contributed by atoms with Crippen molar-refractivity contribution in [3.8, 4) is 0 Å². The van der Waals surface area contributed by atoms with Gasteiger partial charge in [-0.25, -0.2) is 0 Å². The molecule has 0 radical (unpaired) electrons. The van der Waals surface area contributed by atoms with Gasteiger partial charge in [-0.2, -0.15) is 0 Å². The van der Waals surface area contributed by atoms with Gasteiger partial charge in [0, 0.05) is 6.42 Å². The van der Waals surface area contributed by atoms with Gasteiger partial charge in [0.15, 0.2) is 0 Å². The molecular weight excluding hydrogens is 316 g/mol. The normalized spacial score (nSPS) is 18.0. The predicted molar refractivity (Wildman–Crippen MR) is 104 cm³/mol. The number of unbranched alkanes of at least 4 members (excludes halogenated alkanes) is 11. The Labute approximate surface area is 161 Å². The van der Waals surface area contributed by atoms with Crippen molar-refractivity contribution in [2.24, 2.45) is 0 Å². The van der Waals surface area contributed by atoms with E-state index < -0.39 is 25.2 Å². The molecule has 0 aliphatic heterocycles. The monoisotopic (exact) mass is 361 g/mol. The summed E-state index contributed by atoms with van der Waals surface area (Å²) >= 11 is 0. The minimum atomic E-state index is -3.63. The lowest BCUT2D eigenvalue weighted by Crippen LogP contribution is -2.21. The Morgan fingerprint density at radius 3 is 2.08 bits per heavy atom. The van der Waals surface area contributed by atoms with Crippen molar-refractivity contribution in [3.05, 3.63) is 12.2 Å². The zero-order valence-corrected chi connectivity index (χ0v) is 15.8. The summed E-state index contributed by atoms with van der Waals surface area (Å²) in [6, 6.07) is 0. The van der Waals surface area contributed by atoms with Crippen LogP contribution in [-0.2, 0) is 9.53 Å². The zero-order chi connectivity index (χ0) is 23.1. The number of aliphatic hydroxyl groups is 2. The molecule has 0 saturated heterocycles. The number of allylic oxidation sites excluding steroid dienone is 2. The highest BCUT2D eigenvalue weighted by Crippen LogP contribution is 2.10. The second kappa shape index (κ2) is 19.5. The Bertz CT molecular complexity index is 490. The largest absolute Gasteiger partial charge is 0.463 e. The molecule has 0 bridgehead atoms. The Kier molecular flexibility index (Phi) is 12.7. The van der Waals surface area contributed by atoms with Crippen LogP contribution in [0.2, 0.25) is 0 Å². The van der Waals surface area contributed by atoms with Crippen LogP contribution in [0.25, 0.3) is 0 Å². The molecule has 0 fully saturated rings. The van der Waals surface area contributed by atoms with E-state index in [1.807, 2.05) is 0 Å². The van der Waals surface area contributed by atoms with Crippen LogP contribution >= 0.6 is 0 Å². The molecule has 0 aliphatic carbocycles. The van der Waals surface area contributed by atoms with Gasteiger partial charge in [0.05, 0.1) is 13.4 Å². The first-order valence-corrected chi connectivity index (χ1v) is 9.77. The van der Waals surface area contributed by atoms with Crippen molar-refractivity contribution >= 4 is 5.97 Å². The number of carbonyl (C=O) groups is 1. The molecule has 0 aromatic carbocycles.